The second-order valence-electron chi connectivity index (χ2n) is 7.51. The van der Waals surface area contributed by atoms with Gasteiger partial charge in [0.25, 0.3) is 0 Å². The number of carbonyl (C=O) groups excluding carboxylic acids is 4. The average molecular weight is 376 g/mol. The summed E-state index contributed by atoms with van der Waals surface area (Å²) < 4.78 is 0. The van der Waals surface area contributed by atoms with Gasteiger partial charge in [-0.3, -0.25) is 0 Å². The van der Waals surface area contributed by atoms with Gasteiger partial charge in [-0.25, -0.2) is 39.1 Å². The largest absolute Gasteiger partial charge is 0.235 e. The molecule has 148 valence electrons. The molecule has 0 aromatic carbocycles. The number of hydrogen-bond acceptors (Lipinski definition) is 8. The van der Waals surface area contributed by atoms with Crippen LogP contribution in [0.4, 0.5) is 0 Å². The smallest absolute Gasteiger partial charge is 0.211 e. The SMILES string of the molecule is CC(CC(N=C=O)C(CCCCCN=C=O)N=C=O)CC(C)(C)CN=C=O. The van der Waals surface area contributed by atoms with Gasteiger partial charge in [0.2, 0.25) is 24.3 Å². The molecule has 0 fully saturated rings. The number of aliphatic imine (C=N–C) groups is 4. The third-order valence-electron chi connectivity index (χ3n) is 4.33. The molecule has 0 aliphatic heterocycles. The Hall–Kier alpha value is -2.48. The lowest BCUT2D eigenvalue weighted by Gasteiger charge is -2.28. The van der Waals surface area contributed by atoms with Crippen molar-refractivity contribution in [3.63, 3.8) is 0 Å². The molecule has 0 rings (SSSR count). The van der Waals surface area contributed by atoms with Crippen LogP contribution < -0.4 is 0 Å². The first-order chi connectivity index (χ1) is 12.9. The van der Waals surface area contributed by atoms with Gasteiger partial charge in [0, 0.05) is 0 Å². The third kappa shape index (κ3) is 12.5. The molecule has 0 aliphatic rings. The van der Waals surface area contributed by atoms with Crippen LogP contribution in [0.1, 0.15) is 59.3 Å². The van der Waals surface area contributed by atoms with E-state index in [0.29, 0.717) is 25.9 Å². The number of rotatable bonds is 15. The van der Waals surface area contributed by atoms with Crippen LogP contribution in [0.2, 0.25) is 0 Å². The lowest BCUT2D eigenvalue weighted by molar-refractivity contribution is 0.261. The van der Waals surface area contributed by atoms with Crippen LogP contribution in [-0.2, 0) is 19.2 Å². The Morgan fingerprint density at radius 2 is 1.44 bits per heavy atom. The summed E-state index contributed by atoms with van der Waals surface area (Å²) in [4.78, 5) is 56.8. The number of unbranched alkanes of at least 4 members (excludes halogenated alkanes) is 2. The second-order valence-corrected chi connectivity index (χ2v) is 7.51. The number of hydrogen-bond donors (Lipinski definition) is 0. The molecule has 0 heterocycles. The molecule has 8 heteroatoms. The molecule has 0 saturated carbocycles. The molecule has 3 atom stereocenters. The van der Waals surface area contributed by atoms with Crippen molar-refractivity contribution in [2.24, 2.45) is 31.3 Å². The van der Waals surface area contributed by atoms with Crippen LogP contribution in [0, 0.1) is 11.3 Å². The Balaban J connectivity index is 4.84. The fourth-order valence-electron chi connectivity index (χ4n) is 3.29. The van der Waals surface area contributed by atoms with Gasteiger partial charge < -0.3 is 0 Å². The highest BCUT2D eigenvalue weighted by Crippen LogP contribution is 2.30. The van der Waals surface area contributed by atoms with E-state index in [1.54, 1.807) is 18.2 Å². The summed E-state index contributed by atoms with van der Waals surface area (Å²) in [5.74, 6) is 0.176. The summed E-state index contributed by atoms with van der Waals surface area (Å²) in [5.41, 5.74) is -0.186. The molecular weight excluding hydrogens is 348 g/mol. The zero-order valence-corrected chi connectivity index (χ0v) is 16.3. The van der Waals surface area contributed by atoms with E-state index in [1.165, 1.54) is 6.08 Å². The average Bonchev–Trinajstić information content (AvgIpc) is 2.61. The Labute approximate surface area is 160 Å². The van der Waals surface area contributed by atoms with Crippen molar-refractivity contribution in [2.75, 3.05) is 13.1 Å². The van der Waals surface area contributed by atoms with Gasteiger partial charge >= 0.3 is 0 Å². The van der Waals surface area contributed by atoms with E-state index in [-0.39, 0.29) is 11.3 Å². The van der Waals surface area contributed by atoms with Gasteiger partial charge in [-0.2, -0.15) is 0 Å². The van der Waals surface area contributed by atoms with Crippen molar-refractivity contribution in [3.8, 4) is 0 Å². The molecular formula is C19H28N4O4. The lowest BCUT2D eigenvalue weighted by atomic mass is 9.80. The Kier molecular flexibility index (Phi) is 13.3. The van der Waals surface area contributed by atoms with E-state index >= 15 is 0 Å². The molecule has 0 aliphatic carbocycles. The summed E-state index contributed by atoms with van der Waals surface area (Å²) in [6.45, 7) is 6.84. The first kappa shape index (κ1) is 24.5. The van der Waals surface area contributed by atoms with E-state index in [9.17, 15) is 19.2 Å². The van der Waals surface area contributed by atoms with Crippen molar-refractivity contribution in [1.29, 1.82) is 0 Å². The van der Waals surface area contributed by atoms with Crippen LogP contribution >= 0.6 is 0 Å². The Morgan fingerprint density at radius 3 is 2.04 bits per heavy atom. The summed E-state index contributed by atoms with van der Waals surface area (Å²) in [6, 6.07) is -0.880. The van der Waals surface area contributed by atoms with E-state index < -0.39 is 12.1 Å². The fraction of sp³-hybridized carbons (Fsp3) is 0.789. The second kappa shape index (κ2) is 14.7. The highest BCUT2D eigenvalue weighted by molar-refractivity contribution is 5.36. The molecule has 0 bridgehead atoms. The first-order valence-electron chi connectivity index (χ1n) is 9.11. The molecule has 0 aromatic rings. The normalized spacial score (nSPS) is 13.7. The van der Waals surface area contributed by atoms with Crippen molar-refractivity contribution in [2.45, 2.75) is 71.4 Å². The third-order valence-corrected chi connectivity index (χ3v) is 4.33. The van der Waals surface area contributed by atoms with Crippen molar-refractivity contribution >= 4 is 24.3 Å². The minimum atomic E-state index is -0.447. The predicted octanol–water partition coefficient (Wildman–Crippen LogP) is 3.07. The van der Waals surface area contributed by atoms with Crippen molar-refractivity contribution < 1.29 is 19.2 Å². The monoisotopic (exact) mass is 376 g/mol. The van der Waals surface area contributed by atoms with E-state index in [1.807, 2.05) is 20.8 Å². The van der Waals surface area contributed by atoms with Gasteiger partial charge in [-0.05, 0) is 37.0 Å². The molecule has 3 unspecified atom stereocenters. The maximum atomic E-state index is 10.8. The van der Waals surface area contributed by atoms with E-state index in [0.717, 1.165) is 25.7 Å². The maximum Gasteiger partial charge on any atom is 0.235 e. The standard InChI is InChI=1S/C19H28N4O4/c1-16(10-19(2,3)11-21-13-25)9-18(23-15-27)17(22-14-26)7-5-4-6-8-20-12-24/h16-18H,4-11H2,1-3H3. The zero-order valence-electron chi connectivity index (χ0n) is 16.3. The lowest BCUT2D eigenvalue weighted by Crippen LogP contribution is -2.27. The number of isocyanates is 4. The Bertz CT molecular complexity index is 624. The summed E-state index contributed by atoms with van der Waals surface area (Å²) in [7, 11) is 0. The molecule has 27 heavy (non-hydrogen) atoms. The van der Waals surface area contributed by atoms with Crippen LogP contribution in [-0.4, -0.2) is 49.5 Å². The number of nitrogens with zero attached hydrogens (tertiary/aromatic N) is 4. The summed E-state index contributed by atoms with van der Waals surface area (Å²) in [5, 5.41) is 0. The van der Waals surface area contributed by atoms with E-state index in [4.69, 9.17) is 0 Å². The predicted molar refractivity (Wildman–Crippen MR) is 100 cm³/mol. The van der Waals surface area contributed by atoms with Gasteiger partial charge in [-0.1, -0.05) is 33.6 Å². The van der Waals surface area contributed by atoms with Crippen molar-refractivity contribution in [1.82, 2.24) is 0 Å². The quantitative estimate of drug-likeness (QED) is 0.248. The molecule has 0 aromatic heterocycles. The molecule has 0 N–H and O–H groups in total. The van der Waals surface area contributed by atoms with Gasteiger partial charge in [0.1, 0.15) is 0 Å². The molecule has 0 radical (unpaired) electrons. The summed E-state index contributed by atoms with van der Waals surface area (Å²) in [6.07, 6.45) is 10.5. The van der Waals surface area contributed by atoms with Gasteiger partial charge in [0.15, 0.2) is 0 Å². The van der Waals surface area contributed by atoms with Crippen LogP contribution in [0.15, 0.2) is 20.0 Å². The molecule has 0 spiro atoms. The van der Waals surface area contributed by atoms with Gasteiger partial charge in [-0.15, -0.1) is 0 Å². The first-order valence-corrected chi connectivity index (χ1v) is 9.11. The highest BCUT2D eigenvalue weighted by Gasteiger charge is 2.27. The molecule has 0 saturated heterocycles. The minimum absolute atomic E-state index is 0.176. The molecule has 8 nitrogen and oxygen atoms in total. The van der Waals surface area contributed by atoms with Crippen molar-refractivity contribution in [3.05, 3.63) is 0 Å². The summed E-state index contributed by atoms with van der Waals surface area (Å²) >= 11 is 0. The maximum absolute atomic E-state index is 10.8. The topological polar surface area (TPSA) is 118 Å². The Morgan fingerprint density at radius 1 is 0.815 bits per heavy atom. The van der Waals surface area contributed by atoms with Gasteiger partial charge in [0.05, 0.1) is 25.2 Å². The van der Waals surface area contributed by atoms with E-state index in [2.05, 4.69) is 20.0 Å². The van der Waals surface area contributed by atoms with Crippen LogP contribution in [0.5, 0.6) is 0 Å². The minimum Gasteiger partial charge on any atom is -0.211 e. The highest BCUT2D eigenvalue weighted by atomic mass is 16.1. The molecule has 0 amide bonds. The van der Waals surface area contributed by atoms with Crippen LogP contribution in [0.3, 0.4) is 0 Å². The fourth-order valence-corrected chi connectivity index (χ4v) is 3.29. The zero-order chi connectivity index (χ0) is 20.5. The van der Waals surface area contributed by atoms with Crippen LogP contribution in [0.25, 0.3) is 0 Å².